The number of ether oxygens (including phenoxy) is 1. The fourth-order valence-corrected chi connectivity index (χ4v) is 5.84. The van der Waals surface area contributed by atoms with E-state index in [0.717, 1.165) is 12.8 Å². The molecule has 2 aliphatic rings. The summed E-state index contributed by atoms with van der Waals surface area (Å²) < 4.78 is 32.7. The molecule has 2 N–H and O–H groups in total. The van der Waals surface area contributed by atoms with Crippen LogP contribution < -0.4 is 10.6 Å². The summed E-state index contributed by atoms with van der Waals surface area (Å²) in [4.78, 5) is 25.8. The highest BCUT2D eigenvalue weighted by molar-refractivity contribution is 7.89. The predicted octanol–water partition coefficient (Wildman–Crippen LogP) is 3.29. The summed E-state index contributed by atoms with van der Waals surface area (Å²) in [7, 11) is -3.64. The Bertz CT molecular complexity index is 1130. The van der Waals surface area contributed by atoms with Crippen molar-refractivity contribution in [2.75, 3.05) is 31.6 Å². The van der Waals surface area contributed by atoms with Gasteiger partial charge in [-0.25, -0.2) is 8.42 Å². The van der Waals surface area contributed by atoms with Gasteiger partial charge in [-0.15, -0.1) is 0 Å². The maximum atomic E-state index is 12.9. The minimum Gasteiger partial charge on any atom is -0.376 e. The third kappa shape index (κ3) is 5.78. The number of hydrogen-bond donors (Lipinski definition) is 2. The molecule has 0 saturated carbocycles. The van der Waals surface area contributed by atoms with Gasteiger partial charge in [0, 0.05) is 37.2 Å². The number of benzene rings is 2. The van der Waals surface area contributed by atoms with Gasteiger partial charge in [-0.05, 0) is 62.1 Å². The van der Waals surface area contributed by atoms with E-state index in [1.54, 1.807) is 36.4 Å². The molecule has 8 nitrogen and oxygen atoms in total. The number of carbonyl (C=O) groups excluding carboxylic acids is 2. The van der Waals surface area contributed by atoms with Crippen molar-refractivity contribution >= 4 is 39.1 Å². The molecule has 2 heterocycles. The van der Waals surface area contributed by atoms with Gasteiger partial charge in [0.25, 0.3) is 5.91 Å². The van der Waals surface area contributed by atoms with Gasteiger partial charge in [-0.3, -0.25) is 9.59 Å². The molecule has 2 saturated heterocycles. The zero-order valence-corrected chi connectivity index (χ0v) is 20.3. The van der Waals surface area contributed by atoms with Crippen LogP contribution in [0.25, 0.3) is 0 Å². The second-order valence-electron chi connectivity index (χ2n) is 8.51. The van der Waals surface area contributed by atoms with Crippen molar-refractivity contribution in [1.29, 1.82) is 0 Å². The second kappa shape index (κ2) is 10.9. The maximum Gasteiger partial charge on any atom is 0.253 e. The Labute approximate surface area is 204 Å². The van der Waals surface area contributed by atoms with E-state index >= 15 is 0 Å². The molecule has 2 aromatic carbocycles. The molecule has 0 radical (unpaired) electrons. The quantitative estimate of drug-likeness (QED) is 0.600. The standard InChI is InChI=1S/C24H28ClN3O5S/c25-18-7-9-20(10-8-18)34(31,32)28-13-11-17(12-14-28)23(29)27-22-6-2-1-5-21(22)24(30)26-16-19-4-3-15-33-19/h1-2,5-10,17,19H,3-4,11-16H2,(H,26,30)(H,27,29)/t19-/m1/s1. The van der Waals surface area contributed by atoms with Crippen molar-refractivity contribution in [2.24, 2.45) is 5.92 Å². The molecule has 0 spiro atoms. The van der Waals surface area contributed by atoms with Gasteiger partial charge in [0.1, 0.15) is 0 Å². The van der Waals surface area contributed by atoms with Crippen molar-refractivity contribution in [3.8, 4) is 0 Å². The predicted molar refractivity (Wildman–Crippen MR) is 129 cm³/mol. The van der Waals surface area contributed by atoms with Crippen LogP contribution in [0.15, 0.2) is 53.4 Å². The van der Waals surface area contributed by atoms with Gasteiger partial charge < -0.3 is 15.4 Å². The number of carbonyl (C=O) groups is 2. The van der Waals surface area contributed by atoms with Gasteiger partial charge in [-0.2, -0.15) is 4.31 Å². The number of piperidine rings is 1. The Balaban J connectivity index is 1.34. The van der Waals surface area contributed by atoms with Crippen molar-refractivity contribution in [3.05, 3.63) is 59.1 Å². The molecule has 2 amide bonds. The summed E-state index contributed by atoms with van der Waals surface area (Å²) >= 11 is 5.86. The smallest absolute Gasteiger partial charge is 0.253 e. The lowest BCUT2D eigenvalue weighted by atomic mass is 9.97. The first-order valence-electron chi connectivity index (χ1n) is 11.4. The summed E-state index contributed by atoms with van der Waals surface area (Å²) in [6.07, 6.45) is 2.73. The first kappa shape index (κ1) is 24.7. The maximum absolute atomic E-state index is 12.9. The number of anilines is 1. The Morgan fingerprint density at radius 2 is 1.74 bits per heavy atom. The Hall–Kier alpha value is -2.46. The van der Waals surface area contributed by atoms with Crippen LogP contribution in [-0.2, 0) is 19.6 Å². The fraction of sp³-hybridized carbons (Fsp3) is 0.417. The lowest BCUT2D eigenvalue weighted by molar-refractivity contribution is -0.120. The minimum atomic E-state index is -3.64. The van der Waals surface area contributed by atoms with E-state index in [-0.39, 0.29) is 41.8 Å². The summed E-state index contributed by atoms with van der Waals surface area (Å²) in [6.45, 7) is 1.63. The second-order valence-corrected chi connectivity index (χ2v) is 10.9. The lowest BCUT2D eigenvalue weighted by Gasteiger charge is -2.30. The summed E-state index contributed by atoms with van der Waals surface area (Å²) in [6, 6.07) is 12.9. The van der Waals surface area contributed by atoms with Crippen LogP contribution in [0.2, 0.25) is 5.02 Å². The number of para-hydroxylation sites is 1. The molecule has 2 aromatic rings. The summed E-state index contributed by atoms with van der Waals surface area (Å²) in [5.74, 6) is -0.835. The highest BCUT2D eigenvalue weighted by atomic mass is 35.5. The molecule has 0 aliphatic carbocycles. The van der Waals surface area contributed by atoms with E-state index in [2.05, 4.69) is 10.6 Å². The molecule has 4 rings (SSSR count). The van der Waals surface area contributed by atoms with Gasteiger partial charge in [-0.1, -0.05) is 23.7 Å². The van der Waals surface area contributed by atoms with Crippen molar-refractivity contribution < 1.29 is 22.7 Å². The van der Waals surface area contributed by atoms with Gasteiger partial charge in [0.05, 0.1) is 22.3 Å². The Kier molecular flexibility index (Phi) is 7.88. The van der Waals surface area contributed by atoms with Crippen molar-refractivity contribution in [1.82, 2.24) is 9.62 Å². The molecular formula is C24H28ClN3O5S. The lowest BCUT2D eigenvalue weighted by Crippen LogP contribution is -2.41. The zero-order chi connectivity index (χ0) is 24.1. The van der Waals surface area contributed by atoms with E-state index in [4.69, 9.17) is 16.3 Å². The fourth-order valence-electron chi connectivity index (χ4n) is 4.25. The van der Waals surface area contributed by atoms with E-state index in [0.29, 0.717) is 42.3 Å². The Morgan fingerprint density at radius 3 is 2.41 bits per heavy atom. The zero-order valence-electron chi connectivity index (χ0n) is 18.7. The van der Waals surface area contributed by atoms with Crippen LogP contribution in [0, 0.1) is 5.92 Å². The molecule has 0 unspecified atom stereocenters. The molecular weight excluding hydrogens is 478 g/mol. The number of amides is 2. The average Bonchev–Trinajstić information content (AvgIpc) is 3.37. The first-order chi connectivity index (χ1) is 16.3. The third-order valence-electron chi connectivity index (χ3n) is 6.22. The monoisotopic (exact) mass is 505 g/mol. The SMILES string of the molecule is O=C(NC[C@H]1CCCO1)c1ccccc1NC(=O)C1CCN(S(=O)(=O)c2ccc(Cl)cc2)CC1. The summed E-state index contributed by atoms with van der Waals surface area (Å²) in [5, 5.41) is 6.21. The number of halogens is 1. The molecule has 2 fully saturated rings. The Morgan fingerprint density at radius 1 is 1.03 bits per heavy atom. The summed E-state index contributed by atoms with van der Waals surface area (Å²) in [5.41, 5.74) is 0.824. The van der Waals surface area contributed by atoms with Gasteiger partial charge in [0.2, 0.25) is 15.9 Å². The molecule has 2 aliphatic heterocycles. The van der Waals surface area contributed by atoms with E-state index < -0.39 is 10.0 Å². The van der Waals surface area contributed by atoms with E-state index in [9.17, 15) is 18.0 Å². The first-order valence-corrected chi connectivity index (χ1v) is 13.2. The molecule has 0 aromatic heterocycles. The van der Waals surface area contributed by atoms with Crippen LogP contribution in [0.1, 0.15) is 36.0 Å². The largest absolute Gasteiger partial charge is 0.376 e. The number of rotatable bonds is 7. The number of hydrogen-bond acceptors (Lipinski definition) is 5. The topological polar surface area (TPSA) is 105 Å². The highest BCUT2D eigenvalue weighted by Gasteiger charge is 2.32. The third-order valence-corrected chi connectivity index (χ3v) is 8.38. The minimum absolute atomic E-state index is 0.0278. The van der Waals surface area contributed by atoms with Crippen LogP contribution in [-0.4, -0.2) is 56.9 Å². The van der Waals surface area contributed by atoms with Crippen LogP contribution in [0.5, 0.6) is 0 Å². The van der Waals surface area contributed by atoms with E-state index in [1.807, 2.05) is 0 Å². The number of sulfonamides is 1. The van der Waals surface area contributed by atoms with E-state index in [1.165, 1.54) is 16.4 Å². The van der Waals surface area contributed by atoms with Crippen molar-refractivity contribution in [3.63, 3.8) is 0 Å². The number of nitrogens with one attached hydrogen (secondary N) is 2. The van der Waals surface area contributed by atoms with Crippen LogP contribution >= 0.6 is 11.6 Å². The van der Waals surface area contributed by atoms with Gasteiger partial charge in [0.15, 0.2) is 0 Å². The molecule has 10 heteroatoms. The van der Waals surface area contributed by atoms with Crippen LogP contribution in [0.4, 0.5) is 5.69 Å². The average molecular weight is 506 g/mol. The normalized spacial score (nSPS) is 19.6. The molecule has 34 heavy (non-hydrogen) atoms. The highest BCUT2D eigenvalue weighted by Crippen LogP contribution is 2.26. The molecule has 0 bridgehead atoms. The molecule has 182 valence electrons. The van der Waals surface area contributed by atoms with Gasteiger partial charge >= 0.3 is 0 Å². The van der Waals surface area contributed by atoms with Crippen molar-refractivity contribution in [2.45, 2.75) is 36.7 Å². The molecule has 1 atom stereocenters. The number of nitrogens with zero attached hydrogens (tertiary/aromatic N) is 1. The van der Waals surface area contributed by atoms with Crippen LogP contribution in [0.3, 0.4) is 0 Å².